The zero-order valence-electron chi connectivity index (χ0n) is 19.6. The smallest absolute Gasteiger partial charge is 0.246 e. The van der Waals surface area contributed by atoms with E-state index >= 15 is 0 Å². The molecular formula is C25H30Cl2N4O4. The summed E-state index contributed by atoms with van der Waals surface area (Å²) >= 11 is 12.0. The quantitative estimate of drug-likeness (QED) is 0.459. The minimum Gasteiger partial charge on any atom is -0.341 e. The van der Waals surface area contributed by atoms with Crippen LogP contribution in [0.4, 0.5) is 0 Å². The van der Waals surface area contributed by atoms with Crippen molar-refractivity contribution in [3.63, 3.8) is 0 Å². The maximum Gasteiger partial charge on any atom is 0.246 e. The van der Waals surface area contributed by atoms with Crippen LogP contribution in [0.2, 0.25) is 10.0 Å². The molecule has 0 radical (unpaired) electrons. The highest BCUT2D eigenvalue weighted by Gasteiger charge is 2.47. The van der Waals surface area contributed by atoms with Crippen LogP contribution in [0.15, 0.2) is 24.3 Å². The predicted octanol–water partition coefficient (Wildman–Crippen LogP) is 2.59. The highest BCUT2D eigenvalue weighted by molar-refractivity contribution is 6.42. The van der Waals surface area contributed by atoms with Crippen molar-refractivity contribution in [2.75, 3.05) is 45.8 Å². The Kier molecular flexibility index (Phi) is 8.14. The minimum atomic E-state index is -0.515. The average molecular weight is 521 g/mol. The van der Waals surface area contributed by atoms with Gasteiger partial charge in [0.2, 0.25) is 23.6 Å². The third-order valence-corrected chi connectivity index (χ3v) is 7.95. The Morgan fingerprint density at radius 1 is 1.00 bits per heavy atom. The van der Waals surface area contributed by atoms with E-state index in [9.17, 15) is 19.2 Å². The molecule has 0 unspecified atom stereocenters. The molecule has 0 bridgehead atoms. The Bertz CT molecular complexity index is 1040. The molecule has 10 heteroatoms. The van der Waals surface area contributed by atoms with Crippen molar-refractivity contribution in [2.24, 2.45) is 5.41 Å². The maximum atomic E-state index is 12.7. The van der Waals surface area contributed by atoms with Gasteiger partial charge >= 0.3 is 0 Å². The lowest BCUT2D eigenvalue weighted by molar-refractivity contribution is -0.132. The third kappa shape index (κ3) is 6.23. The van der Waals surface area contributed by atoms with Gasteiger partial charge in [0.25, 0.3) is 0 Å². The first-order chi connectivity index (χ1) is 16.8. The summed E-state index contributed by atoms with van der Waals surface area (Å²) in [5.41, 5.74) is 0.266. The molecule has 1 N–H and O–H groups in total. The van der Waals surface area contributed by atoms with E-state index in [2.05, 4.69) is 10.2 Å². The van der Waals surface area contributed by atoms with E-state index in [1.54, 1.807) is 29.2 Å². The van der Waals surface area contributed by atoms with E-state index in [-0.39, 0.29) is 23.6 Å². The molecule has 4 rings (SSSR count). The molecule has 4 amide bonds. The monoisotopic (exact) mass is 520 g/mol. The molecule has 1 aromatic carbocycles. The number of rotatable bonds is 6. The topological polar surface area (TPSA) is 90.0 Å². The SMILES string of the molecule is O=C1CC2(CCN(CCCN3CCN(C(=O)C=Cc4ccc(Cl)c(Cl)c4)CCC3=O)CC2)C(=O)N1. The van der Waals surface area contributed by atoms with Crippen molar-refractivity contribution in [1.29, 1.82) is 0 Å². The van der Waals surface area contributed by atoms with Crippen LogP contribution >= 0.6 is 23.2 Å². The molecule has 35 heavy (non-hydrogen) atoms. The second kappa shape index (κ2) is 11.1. The van der Waals surface area contributed by atoms with Crippen molar-refractivity contribution >= 4 is 52.9 Å². The molecule has 1 spiro atoms. The normalized spacial score (nSPS) is 21.1. The van der Waals surface area contributed by atoms with Gasteiger partial charge in [-0.1, -0.05) is 29.3 Å². The standard InChI is InChI=1S/C25H30Cl2N4O4/c26-19-4-2-18(16-20(19)27)3-5-22(33)31-11-6-23(34)30(14-15-31)10-1-9-29-12-7-25(8-13-29)17-21(32)28-24(25)35/h2-5,16H,1,6-15,17H2,(H,28,32,35). The van der Waals surface area contributed by atoms with Gasteiger partial charge in [0.05, 0.1) is 15.5 Å². The van der Waals surface area contributed by atoms with Gasteiger partial charge in [-0.05, 0) is 62.7 Å². The molecule has 3 saturated heterocycles. The fourth-order valence-corrected chi connectivity index (χ4v) is 5.30. The number of halogens is 2. The fourth-order valence-electron chi connectivity index (χ4n) is 5.00. The molecule has 0 saturated carbocycles. The van der Waals surface area contributed by atoms with Gasteiger partial charge in [-0.25, -0.2) is 0 Å². The van der Waals surface area contributed by atoms with Crippen LogP contribution < -0.4 is 5.32 Å². The summed E-state index contributed by atoms with van der Waals surface area (Å²) in [6, 6.07) is 5.17. The number of nitrogens with one attached hydrogen (secondary N) is 1. The Hall–Kier alpha value is -2.42. The first-order valence-corrected chi connectivity index (χ1v) is 12.8. The highest BCUT2D eigenvalue weighted by atomic mass is 35.5. The molecular weight excluding hydrogens is 491 g/mol. The highest BCUT2D eigenvalue weighted by Crippen LogP contribution is 2.38. The molecule has 3 fully saturated rings. The molecule has 0 aromatic heterocycles. The zero-order chi connectivity index (χ0) is 25.0. The van der Waals surface area contributed by atoms with Crippen molar-refractivity contribution in [3.05, 3.63) is 39.9 Å². The van der Waals surface area contributed by atoms with Crippen LogP contribution in [-0.4, -0.2) is 84.1 Å². The molecule has 1 aromatic rings. The maximum absolute atomic E-state index is 12.7. The fraction of sp³-hybridized carbons (Fsp3) is 0.520. The molecule has 3 heterocycles. The first kappa shape index (κ1) is 25.7. The molecule has 8 nitrogen and oxygen atoms in total. The van der Waals surface area contributed by atoms with Crippen molar-refractivity contribution < 1.29 is 19.2 Å². The van der Waals surface area contributed by atoms with Gasteiger partial charge in [0, 0.05) is 45.1 Å². The van der Waals surface area contributed by atoms with Gasteiger partial charge in [-0.3, -0.25) is 24.5 Å². The van der Waals surface area contributed by atoms with Crippen LogP contribution in [0.1, 0.15) is 37.7 Å². The second-order valence-corrected chi connectivity index (χ2v) is 10.3. The Morgan fingerprint density at radius 2 is 1.77 bits per heavy atom. The summed E-state index contributed by atoms with van der Waals surface area (Å²) in [5.74, 6) is -0.362. The van der Waals surface area contributed by atoms with Gasteiger partial charge in [-0.15, -0.1) is 0 Å². The van der Waals surface area contributed by atoms with Gasteiger partial charge in [0.15, 0.2) is 0 Å². The van der Waals surface area contributed by atoms with Gasteiger partial charge in [-0.2, -0.15) is 0 Å². The molecule has 0 aliphatic carbocycles. The molecule has 0 atom stereocenters. The number of hydrogen-bond donors (Lipinski definition) is 1. The second-order valence-electron chi connectivity index (χ2n) is 9.49. The summed E-state index contributed by atoms with van der Waals surface area (Å²) in [6.45, 7) is 4.44. The number of nitrogens with zero attached hydrogens (tertiary/aromatic N) is 3. The van der Waals surface area contributed by atoms with Crippen molar-refractivity contribution in [3.8, 4) is 0 Å². The lowest BCUT2D eigenvalue weighted by Gasteiger charge is -2.37. The molecule has 3 aliphatic rings. The summed E-state index contributed by atoms with van der Waals surface area (Å²) in [7, 11) is 0. The predicted molar refractivity (Wildman–Crippen MR) is 134 cm³/mol. The third-order valence-electron chi connectivity index (χ3n) is 7.21. The number of amides is 4. The number of carbonyl (C=O) groups excluding carboxylic acids is 4. The van der Waals surface area contributed by atoms with Crippen LogP contribution in [-0.2, 0) is 19.2 Å². The van der Waals surface area contributed by atoms with Crippen molar-refractivity contribution in [2.45, 2.75) is 32.1 Å². The van der Waals surface area contributed by atoms with E-state index < -0.39 is 5.41 Å². The van der Waals surface area contributed by atoms with Gasteiger partial charge < -0.3 is 14.7 Å². The molecule has 188 valence electrons. The summed E-state index contributed by atoms with van der Waals surface area (Å²) < 4.78 is 0. The number of likely N-dealkylation sites (tertiary alicyclic amines) is 1. The number of imide groups is 1. The lowest BCUT2D eigenvalue weighted by Crippen LogP contribution is -2.44. The van der Waals surface area contributed by atoms with E-state index in [1.807, 2.05) is 4.90 Å². The van der Waals surface area contributed by atoms with E-state index in [0.29, 0.717) is 61.9 Å². The van der Waals surface area contributed by atoms with Crippen LogP contribution in [0.5, 0.6) is 0 Å². The number of hydrogen-bond acceptors (Lipinski definition) is 5. The number of carbonyl (C=O) groups is 4. The minimum absolute atomic E-state index is 0.0625. The number of piperidine rings is 1. The average Bonchev–Trinajstić information content (AvgIpc) is 2.98. The van der Waals surface area contributed by atoms with Crippen LogP contribution in [0, 0.1) is 5.41 Å². The van der Waals surface area contributed by atoms with Crippen molar-refractivity contribution in [1.82, 2.24) is 20.0 Å². The summed E-state index contributed by atoms with van der Waals surface area (Å²) in [4.78, 5) is 54.8. The largest absolute Gasteiger partial charge is 0.341 e. The Labute approximate surface area is 215 Å². The van der Waals surface area contributed by atoms with E-state index in [0.717, 1.165) is 31.6 Å². The molecule has 3 aliphatic heterocycles. The summed E-state index contributed by atoms with van der Waals surface area (Å²) in [5, 5.41) is 3.33. The first-order valence-electron chi connectivity index (χ1n) is 12.0. The zero-order valence-corrected chi connectivity index (χ0v) is 21.1. The van der Waals surface area contributed by atoms with E-state index in [4.69, 9.17) is 23.2 Å². The Balaban J connectivity index is 1.21. The Morgan fingerprint density at radius 3 is 2.46 bits per heavy atom. The van der Waals surface area contributed by atoms with Crippen LogP contribution in [0.3, 0.4) is 0 Å². The number of benzene rings is 1. The van der Waals surface area contributed by atoms with E-state index in [1.165, 1.54) is 6.08 Å². The van der Waals surface area contributed by atoms with Crippen LogP contribution in [0.25, 0.3) is 6.08 Å². The summed E-state index contributed by atoms with van der Waals surface area (Å²) in [6.07, 6.45) is 6.03. The lowest BCUT2D eigenvalue weighted by atomic mass is 9.77. The van der Waals surface area contributed by atoms with Gasteiger partial charge in [0.1, 0.15) is 0 Å².